The highest BCUT2D eigenvalue weighted by Gasteiger charge is 2.36. The Labute approximate surface area is 111 Å². The second kappa shape index (κ2) is 4.42. The molecule has 0 aliphatic carbocycles. The van der Waals surface area contributed by atoms with Crippen LogP contribution in [-0.2, 0) is 5.41 Å². The van der Waals surface area contributed by atoms with E-state index in [0.29, 0.717) is 22.8 Å². The summed E-state index contributed by atoms with van der Waals surface area (Å²) in [6.45, 7) is 5.61. The fourth-order valence-electron chi connectivity index (χ4n) is 2.32. The summed E-state index contributed by atoms with van der Waals surface area (Å²) in [5.74, 6) is 0.813. The van der Waals surface area contributed by atoms with Gasteiger partial charge in [-0.25, -0.2) is 4.39 Å². The average molecular weight is 261 g/mol. The number of halogens is 1. The zero-order valence-corrected chi connectivity index (χ0v) is 11.0. The molecule has 1 fully saturated rings. The van der Waals surface area contributed by atoms with Crippen molar-refractivity contribution in [2.75, 3.05) is 13.1 Å². The summed E-state index contributed by atoms with van der Waals surface area (Å²) in [5.41, 5.74) is 1.14. The summed E-state index contributed by atoms with van der Waals surface area (Å²) in [6.07, 6.45) is 0.969. The predicted octanol–water partition coefficient (Wildman–Crippen LogP) is 2.44. The van der Waals surface area contributed by atoms with E-state index in [0.717, 1.165) is 19.5 Å². The molecule has 0 amide bonds. The van der Waals surface area contributed by atoms with Crippen molar-refractivity contribution in [1.29, 1.82) is 0 Å². The molecule has 0 spiro atoms. The first-order chi connectivity index (χ1) is 9.08. The standard InChI is InChI=1S/C14H16FN3O/c1-9-3-4-10(7-11(9)15)12-17-13(19-18-12)14(2)5-6-16-8-14/h3-4,7,16H,5-6,8H2,1-2H3. The first-order valence-corrected chi connectivity index (χ1v) is 6.40. The van der Waals surface area contributed by atoms with Gasteiger partial charge < -0.3 is 9.84 Å². The van der Waals surface area contributed by atoms with Crippen molar-refractivity contribution in [1.82, 2.24) is 15.5 Å². The zero-order valence-electron chi connectivity index (χ0n) is 11.0. The molecule has 1 aromatic heterocycles. The fraction of sp³-hybridized carbons (Fsp3) is 0.429. The van der Waals surface area contributed by atoms with Crippen molar-refractivity contribution in [3.8, 4) is 11.4 Å². The van der Waals surface area contributed by atoms with E-state index < -0.39 is 0 Å². The molecule has 2 aromatic rings. The van der Waals surface area contributed by atoms with Gasteiger partial charge in [0.05, 0.1) is 5.41 Å². The third-order valence-corrected chi connectivity index (χ3v) is 3.74. The zero-order chi connectivity index (χ0) is 13.5. The van der Waals surface area contributed by atoms with Crippen LogP contribution in [0.25, 0.3) is 11.4 Å². The summed E-state index contributed by atoms with van der Waals surface area (Å²) in [6, 6.07) is 4.97. The molecule has 2 heterocycles. The van der Waals surface area contributed by atoms with E-state index in [1.165, 1.54) is 6.07 Å². The van der Waals surface area contributed by atoms with E-state index in [4.69, 9.17) is 4.52 Å². The van der Waals surface area contributed by atoms with Gasteiger partial charge in [-0.3, -0.25) is 0 Å². The molecule has 0 saturated carbocycles. The van der Waals surface area contributed by atoms with Crippen molar-refractivity contribution < 1.29 is 8.91 Å². The molecule has 0 bridgehead atoms. The van der Waals surface area contributed by atoms with E-state index in [2.05, 4.69) is 22.4 Å². The quantitative estimate of drug-likeness (QED) is 0.902. The van der Waals surface area contributed by atoms with Crippen LogP contribution in [-0.4, -0.2) is 23.2 Å². The predicted molar refractivity (Wildman–Crippen MR) is 69.3 cm³/mol. The van der Waals surface area contributed by atoms with Gasteiger partial charge in [-0.15, -0.1) is 0 Å². The number of aromatic nitrogens is 2. The van der Waals surface area contributed by atoms with E-state index >= 15 is 0 Å². The maximum absolute atomic E-state index is 13.6. The molecule has 19 heavy (non-hydrogen) atoms. The summed E-state index contributed by atoms with van der Waals surface area (Å²) in [5, 5.41) is 7.26. The average Bonchev–Trinajstić information content (AvgIpc) is 3.02. The summed E-state index contributed by atoms with van der Waals surface area (Å²) >= 11 is 0. The molecule has 1 unspecified atom stereocenters. The number of hydrogen-bond acceptors (Lipinski definition) is 4. The van der Waals surface area contributed by atoms with Crippen molar-refractivity contribution >= 4 is 0 Å². The van der Waals surface area contributed by atoms with Crippen LogP contribution in [0.1, 0.15) is 24.8 Å². The van der Waals surface area contributed by atoms with Crippen molar-refractivity contribution in [2.45, 2.75) is 25.7 Å². The molecule has 1 aliphatic rings. The van der Waals surface area contributed by atoms with Crippen LogP contribution >= 0.6 is 0 Å². The lowest BCUT2D eigenvalue weighted by Gasteiger charge is -2.15. The first kappa shape index (κ1) is 12.3. The van der Waals surface area contributed by atoms with Crippen molar-refractivity contribution in [2.24, 2.45) is 0 Å². The lowest BCUT2D eigenvalue weighted by molar-refractivity contribution is 0.306. The van der Waals surface area contributed by atoms with Gasteiger partial charge in [0.25, 0.3) is 0 Å². The Balaban J connectivity index is 1.94. The Kier molecular flexibility index (Phi) is 2.86. The Bertz CT molecular complexity index is 602. The highest BCUT2D eigenvalue weighted by molar-refractivity contribution is 5.55. The molecule has 100 valence electrons. The van der Waals surface area contributed by atoms with Gasteiger partial charge in [0.2, 0.25) is 11.7 Å². The molecule has 5 heteroatoms. The minimum absolute atomic E-state index is 0.117. The van der Waals surface area contributed by atoms with E-state index in [-0.39, 0.29) is 11.2 Å². The van der Waals surface area contributed by atoms with Crippen LogP contribution in [0.2, 0.25) is 0 Å². The first-order valence-electron chi connectivity index (χ1n) is 6.40. The second-order valence-electron chi connectivity index (χ2n) is 5.37. The fourth-order valence-corrected chi connectivity index (χ4v) is 2.32. The number of aryl methyl sites for hydroxylation is 1. The van der Waals surface area contributed by atoms with Gasteiger partial charge in [0.1, 0.15) is 5.82 Å². The normalized spacial score (nSPS) is 22.9. The van der Waals surface area contributed by atoms with Gasteiger partial charge in [0.15, 0.2) is 0 Å². The minimum atomic E-state index is -0.252. The third kappa shape index (κ3) is 2.14. The van der Waals surface area contributed by atoms with Crippen LogP contribution in [0, 0.1) is 12.7 Å². The van der Waals surface area contributed by atoms with Crippen molar-refractivity contribution in [3.63, 3.8) is 0 Å². The van der Waals surface area contributed by atoms with Gasteiger partial charge in [-0.2, -0.15) is 4.98 Å². The van der Waals surface area contributed by atoms with E-state index in [1.807, 2.05) is 6.07 Å². The molecular formula is C14H16FN3O. The number of hydrogen-bond donors (Lipinski definition) is 1. The van der Waals surface area contributed by atoms with Crippen LogP contribution in [0.5, 0.6) is 0 Å². The maximum atomic E-state index is 13.6. The molecule has 1 atom stereocenters. The lowest BCUT2D eigenvalue weighted by Crippen LogP contribution is -2.25. The number of rotatable bonds is 2. The summed E-state index contributed by atoms with van der Waals surface area (Å²) < 4.78 is 18.9. The Morgan fingerprint density at radius 1 is 1.42 bits per heavy atom. The molecular weight excluding hydrogens is 245 g/mol. The van der Waals surface area contributed by atoms with Crippen LogP contribution in [0.15, 0.2) is 22.7 Å². The highest BCUT2D eigenvalue weighted by Crippen LogP contribution is 2.30. The number of nitrogens with one attached hydrogen (secondary N) is 1. The monoisotopic (exact) mass is 261 g/mol. The smallest absolute Gasteiger partial charge is 0.234 e. The topological polar surface area (TPSA) is 51.0 Å². The van der Waals surface area contributed by atoms with Gasteiger partial charge >= 0.3 is 0 Å². The van der Waals surface area contributed by atoms with Crippen LogP contribution in [0.4, 0.5) is 4.39 Å². The molecule has 1 saturated heterocycles. The largest absolute Gasteiger partial charge is 0.338 e. The number of benzene rings is 1. The molecule has 1 aromatic carbocycles. The maximum Gasteiger partial charge on any atom is 0.234 e. The van der Waals surface area contributed by atoms with E-state index in [9.17, 15) is 4.39 Å². The summed E-state index contributed by atoms with van der Waals surface area (Å²) in [4.78, 5) is 4.42. The van der Waals surface area contributed by atoms with Crippen LogP contribution in [0.3, 0.4) is 0 Å². The van der Waals surface area contributed by atoms with Gasteiger partial charge in [0, 0.05) is 12.1 Å². The molecule has 0 radical (unpaired) electrons. The highest BCUT2D eigenvalue weighted by atomic mass is 19.1. The molecule has 4 nitrogen and oxygen atoms in total. The Morgan fingerprint density at radius 3 is 2.95 bits per heavy atom. The third-order valence-electron chi connectivity index (χ3n) is 3.74. The SMILES string of the molecule is Cc1ccc(-c2noc(C3(C)CCNC3)n2)cc1F. The molecule has 1 N–H and O–H groups in total. The summed E-state index contributed by atoms with van der Waals surface area (Å²) in [7, 11) is 0. The Hall–Kier alpha value is -1.75. The minimum Gasteiger partial charge on any atom is -0.338 e. The molecule has 1 aliphatic heterocycles. The molecule has 3 rings (SSSR count). The number of nitrogens with zero attached hydrogens (tertiary/aromatic N) is 2. The van der Waals surface area contributed by atoms with E-state index in [1.54, 1.807) is 13.0 Å². The van der Waals surface area contributed by atoms with Crippen molar-refractivity contribution in [3.05, 3.63) is 35.5 Å². The Morgan fingerprint density at radius 2 is 2.26 bits per heavy atom. The van der Waals surface area contributed by atoms with Gasteiger partial charge in [-0.05, 0) is 38.4 Å². The lowest BCUT2D eigenvalue weighted by atomic mass is 9.90. The van der Waals surface area contributed by atoms with Gasteiger partial charge in [-0.1, -0.05) is 17.3 Å². The second-order valence-corrected chi connectivity index (χ2v) is 5.37. The van der Waals surface area contributed by atoms with Crippen LogP contribution < -0.4 is 5.32 Å².